The molecule has 2 heterocycles. The summed E-state index contributed by atoms with van der Waals surface area (Å²) in [5.41, 5.74) is 5.55. The number of hydrogen-bond donors (Lipinski definition) is 1. The molecular formula is C11H20N4O2. The first kappa shape index (κ1) is 12.3. The van der Waals surface area contributed by atoms with Gasteiger partial charge in [-0.2, -0.15) is 4.98 Å². The van der Waals surface area contributed by atoms with Gasteiger partial charge in [-0.05, 0) is 18.5 Å². The van der Waals surface area contributed by atoms with E-state index in [1.807, 2.05) is 6.92 Å². The third-order valence-corrected chi connectivity index (χ3v) is 3.46. The van der Waals surface area contributed by atoms with Crippen LogP contribution in [0.25, 0.3) is 0 Å². The summed E-state index contributed by atoms with van der Waals surface area (Å²) in [4.78, 5) is 6.53. The highest BCUT2D eigenvalue weighted by molar-refractivity contribution is 5.29. The number of hydrogen-bond acceptors (Lipinski definition) is 6. The molecule has 1 unspecified atom stereocenters. The van der Waals surface area contributed by atoms with Gasteiger partial charge in [0.25, 0.3) is 5.95 Å². The molecule has 1 aliphatic rings. The van der Waals surface area contributed by atoms with Crippen molar-refractivity contribution >= 4 is 5.95 Å². The SMILES string of the molecule is CCC(C)(CN)c1nc(N2CCOCC2)no1. The van der Waals surface area contributed by atoms with E-state index in [9.17, 15) is 0 Å². The smallest absolute Gasteiger partial charge is 0.266 e. The third-order valence-electron chi connectivity index (χ3n) is 3.46. The Morgan fingerprint density at radius 2 is 2.12 bits per heavy atom. The highest BCUT2D eigenvalue weighted by Crippen LogP contribution is 2.26. The van der Waals surface area contributed by atoms with E-state index in [4.69, 9.17) is 15.0 Å². The zero-order valence-corrected chi connectivity index (χ0v) is 10.5. The highest BCUT2D eigenvalue weighted by Gasteiger charge is 2.30. The minimum atomic E-state index is -0.225. The van der Waals surface area contributed by atoms with Gasteiger partial charge in [0, 0.05) is 19.6 Å². The Balaban J connectivity index is 2.14. The third kappa shape index (κ3) is 2.42. The molecule has 0 bridgehead atoms. The van der Waals surface area contributed by atoms with Crippen LogP contribution in [0.3, 0.4) is 0 Å². The van der Waals surface area contributed by atoms with E-state index >= 15 is 0 Å². The van der Waals surface area contributed by atoms with Crippen LogP contribution in [-0.4, -0.2) is 43.0 Å². The van der Waals surface area contributed by atoms with Crippen molar-refractivity contribution in [3.8, 4) is 0 Å². The second-order valence-electron chi connectivity index (χ2n) is 4.62. The van der Waals surface area contributed by atoms with Crippen LogP contribution in [0.5, 0.6) is 0 Å². The molecule has 17 heavy (non-hydrogen) atoms. The lowest BCUT2D eigenvalue weighted by Crippen LogP contribution is -2.37. The fraction of sp³-hybridized carbons (Fsp3) is 0.818. The lowest BCUT2D eigenvalue weighted by atomic mass is 9.88. The molecule has 0 spiro atoms. The van der Waals surface area contributed by atoms with E-state index in [0.717, 1.165) is 19.5 Å². The Hall–Kier alpha value is -1.14. The Kier molecular flexibility index (Phi) is 3.63. The zero-order valence-electron chi connectivity index (χ0n) is 10.5. The Morgan fingerprint density at radius 3 is 2.71 bits per heavy atom. The van der Waals surface area contributed by atoms with Crippen LogP contribution in [0.4, 0.5) is 5.95 Å². The fourth-order valence-electron chi connectivity index (χ4n) is 1.74. The van der Waals surface area contributed by atoms with E-state index in [-0.39, 0.29) is 5.41 Å². The quantitative estimate of drug-likeness (QED) is 0.827. The lowest BCUT2D eigenvalue weighted by molar-refractivity contribution is 0.121. The van der Waals surface area contributed by atoms with Crippen molar-refractivity contribution in [1.82, 2.24) is 10.1 Å². The maximum absolute atomic E-state index is 5.78. The van der Waals surface area contributed by atoms with Crippen LogP contribution >= 0.6 is 0 Å². The van der Waals surface area contributed by atoms with Crippen molar-refractivity contribution in [2.45, 2.75) is 25.7 Å². The van der Waals surface area contributed by atoms with E-state index in [0.29, 0.717) is 31.6 Å². The van der Waals surface area contributed by atoms with Crippen molar-refractivity contribution < 1.29 is 9.26 Å². The van der Waals surface area contributed by atoms with E-state index in [2.05, 4.69) is 22.0 Å². The van der Waals surface area contributed by atoms with Gasteiger partial charge in [-0.1, -0.05) is 6.92 Å². The normalized spacial score (nSPS) is 20.3. The van der Waals surface area contributed by atoms with E-state index in [1.54, 1.807) is 0 Å². The molecule has 0 amide bonds. The monoisotopic (exact) mass is 240 g/mol. The molecule has 2 rings (SSSR count). The largest absolute Gasteiger partial charge is 0.378 e. The van der Waals surface area contributed by atoms with Gasteiger partial charge in [0.2, 0.25) is 5.89 Å². The molecule has 0 saturated carbocycles. The summed E-state index contributed by atoms with van der Waals surface area (Å²) in [7, 11) is 0. The molecule has 1 fully saturated rings. The molecule has 0 radical (unpaired) electrons. The molecule has 1 aliphatic heterocycles. The molecule has 6 heteroatoms. The average molecular weight is 240 g/mol. The van der Waals surface area contributed by atoms with E-state index < -0.39 is 0 Å². The molecule has 1 saturated heterocycles. The second-order valence-corrected chi connectivity index (χ2v) is 4.62. The lowest BCUT2D eigenvalue weighted by Gasteiger charge is -2.25. The van der Waals surface area contributed by atoms with Gasteiger partial charge in [-0.15, -0.1) is 0 Å². The number of nitrogens with two attached hydrogens (primary N) is 1. The van der Waals surface area contributed by atoms with Crippen LogP contribution in [0.2, 0.25) is 0 Å². The number of ether oxygens (including phenoxy) is 1. The Bertz CT molecular complexity index is 356. The second kappa shape index (κ2) is 5.01. The molecule has 1 aromatic heterocycles. The Morgan fingerprint density at radius 1 is 1.41 bits per heavy atom. The van der Waals surface area contributed by atoms with Crippen molar-refractivity contribution in [3.63, 3.8) is 0 Å². The van der Waals surface area contributed by atoms with Crippen LogP contribution in [0, 0.1) is 0 Å². The number of aromatic nitrogens is 2. The molecule has 1 aromatic rings. The molecular weight excluding hydrogens is 220 g/mol. The van der Waals surface area contributed by atoms with Gasteiger partial charge in [-0.25, -0.2) is 0 Å². The molecule has 6 nitrogen and oxygen atoms in total. The summed E-state index contributed by atoms with van der Waals surface area (Å²) in [6.07, 6.45) is 0.883. The number of rotatable bonds is 4. The van der Waals surface area contributed by atoms with E-state index in [1.165, 1.54) is 0 Å². The van der Waals surface area contributed by atoms with Crippen LogP contribution < -0.4 is 10.6 Å². The fourth-order valence-corrected chi connectivity index (χ4v) is 1.74. The number of morpholine rings is 1. The Labute approximate surface area is 101 Å². The first-order chi connectivity index (χ1) is 8.19. The summed E-state index contributed by atoms with van der Waals surface area (Å²) in [6, 6.07) is 0. The van der Waals surface area contributed by atoms with Crippen LogP contribution in [0.1, 0.15) is 26.2 Å². The first-order valence-corrected chi connectivity index (χ1v) is 6.06. The van der Waals surface area contributed by atoms with Crippen LogP contribution in [-0.2, 0) is 10.2 Å². The molecule has 96 valence electrons. The number of nitrogens with zero attached hydrogens (tertiary/aromatic N) is 3. The van der Waals surface area contributed by atoms with Gasteiger partial charge in [-0.3, -0.25) is 0 Å². The topological polar surface area (TPSA) is 77.4 Å². The molecule has 0 aliphatic carbocycles. The predicted octanol–water partition coefficient (Wildman–Crippen LogP) is 0.533. The van der Waals surface area contributed by atoms with Gasteiger partial charge in [0.15, 0.2) is 0 Å². The predicted molar refractivity (Wildman–Crippen MR) is 64.0 cm³/mol. The van der Waals surface area contributed by atoms with Gasteiger partial charge < -0.3 is 19.9 Å². The van der Waals surface area contributed by atoms with Crippen molar-refractivity contribution in [2.75, 3.05) is 37.7 Å². The standard InChI is InChI=1S/C11H20N4O2/c1-3-11(2,8-12)9-13-10(14-17-9)15-4-6-16-7-5-15/h3-8,12H2,1-2H3. The summed E-state index contributed by atoms with van der Waals surface area (Å²) in [6.45, 7) is 7.68. The maximum atomic E-state index is 5.78. The highest BCUT2D eigenvalue weighted by atomic mass is 16.5. The minimum absolute atomic E-state index is 0.225. The zero-order chi connectivity index (χ0) is 12.3. The average Bonchev–Trinajstić information content (AvgIpc) is 2.89. The first-order valence-electron chi connectivity index (χ1n) is 6.06. The van der Waals surface area contributed by atoms with Crippen molar-refractivity contribution in [3.05, 3.63) is 5.89 Å². The summed E-state index contributed by atoms with van der Waals surface area (Å²) < 4.78 is 10.6. The van der Waals surface area contributed by atoms with Crippen molar-refractivity contribution in [2.24, 2.45) is 5.73 Å². The summed E-state index contributed by atoms with van der Waals surface area (Å²) in [5, 5.41) is 4.03. The summed E-state index contributed by atoms with van der Waals surface area (Å²) in [5.74, 6) is 1.28. The summed E-state index contributed by atoms with van der Waals surface area (Å²) >= 11 is 0. The maximum Gasteiger partial charge on any atom is 0.266 e. The van der Waals surface area contributed by atoms with Gasteiger partial charge >= 0.3 is 0 Å². The number of anilines is 1. The molecule has 1 atom stereocenters. The molecule has 2 N–H and O–H groups in total. The van der Waals surface area contributed by atoms with Gasteiger partial charge in [0.05, 0.1) is 18.6 Å². The van der Waals surface area contributed by atoms with Crippen LogP contribution in [0.15, 0.2) is 4.52 Å². The molecule has 0 aromatic carbocycles. The van der Waals surface area contributed by atoms with Crippen molar-refractivity contribution in [1.29, 1.82) is 0 Å². The minimum Gasteiger partial charge on any atom is -0.378 e. The van der Waals surface area contributed by atoms with Gasteiger partial charge in [0.1, 0.15) is 0 Å².